The summed E-state index contributed by atoms with van der Waals surface area (Å²) in [4.78, 5) is 0. The molecule has 0 saturated carbocycles. The average Bonchev–Trinajstić information content (AvgIpc) is 1.65. The van der Waals surface area contributed by atoms with Crippen LogP contribution in [0.3, 0.4) is 0 Å². The molecule has 0 heterocycles. The van der Waals surface area contributed by atoms with Crippen LogP contribution >= 0.6 is 0 Å². The number of aliphatic hydroxyl groups excluding tert-OH is 2. The molecule has 0 saturated heterocycles. The Balaban J connectivity index is 0. The van der Waals surface area contributed by atoms with Gasteiger partial charge >= 0.3 is 0 Å². The topological polar surface area (TPSA) is 66.5 Å². The number of hydrogen-bond donors (Lipinski definition) is 3. The molecule has 0 aliphatic rings. The highest BCUT2D eigenvalue weighted by molar-refractivity contribution is 4.20. The highest BCUT2D eigenvalue weighted by atomic mass is 16.3. The minimum absolute atomic E-state index is 0.0972. The first-order valence-electron chi connectivity index (χ1n) is 2.64. The quantitative estimate of drug-likeness (QED) is 0.431. The van der Waals surface area contributed by atoms with Crippen molar-refractivity contribution in [3.05, 3.63) is 0 Å². The third kappa shape index (κ3) is 181. The largest absolute Gasteiger partial charge is 0.395 e. The van der Waals surface area contributed by atoms with Gasteiger partial charge in [-0.15, -0.1) is 0 Å². The van der Waals surface area contributed by atoms with Crippen LogP contribution in [0.15, 0.2) is 0 Å². The van der Waals surface area contributed by atoms with Gasteiger partial charge in [0.25, 0.3) is 0 Å². The predicted octanol–water partition coefficient (Wildman–Crippen LogP) is -0.676. The minimum atomic E-state index is -0.167. The molecule has 8 heavy (non-hydrogen) atoms. The van der Waals surface area contributed by atoms with E-state index in [2.05, 4.69) is 0 Å². The van der Waals surface area contributed by atoms with Crippen LogP contribution in [0, 0.1) is 0 Å². The van der Waals surface area contributed by atoms with Gasteiger partial charge in [0.1, 0.15) is 0 Å². The van der Waals surface area contributed by atoms with Gasteiger partial charge in [-0.25, -0.2) is 0 Å². The van der Waals surface area contributed by atoms with Crippen LogP contribution in [0.2, 0.25) is 0 Å². The first kappa shape index (κ1) is 10.8. The Labute approximate surface area is 50.1 Å². The summed E-state index contributed by atoms with van der Waals surface area (Å²) in [6.45, 7) is 3.92. The second kappa shape index (κ2) is 9.99. The van der Waals surface area contributed by atoms with Gasteiger partial charge in [0, 0.05) is 12.6 Å². The zero-order valence-corrected chi connectivity index (χ0v) is 5.46. The van der Waals surface area contributed by atoms with Crippen molar-refractivity contribution in [2.75, 3.05) is 13.2 Å². The number of rotatable bonds is 1. The summed E-state index contributed by atoms with van der Waals surface area (Å²) in [5, 5.41) is 15.8. The van der Waals surface area contributed by atoms with Crippen molar-refractivity contribution < 1.29 is 10.2 Å². The maximum atomic E-state index is 8.06. The van der Waals surface area contributed by atoms with Gasteiger partial charge in [-0.2, -0.15) is 0 Å². The van der Waals surface area contributed by atoms with E-state index in [-0.39, 0.29) is 12.7 Å². The Morgan fingerprint density at radius 3 is 1.62 bits per heavy atom. The lowest BCUT2D eigenvalue weighted by atomic mass is 10.5. The molecule has 3 nitrogen and oxygen atoms in total. The average molecular weight is 121 g/mol. The van der Waals surface area contributed by atoms with E-state index in [1.54, 1.807) is 13.8 Å². The third-order valence-corrected chi connectivity index (χ3v) is 0.129. The summed E-state index contributed by atoms with van der Waals surface area (Å²) in [6, 6.07) is 0. The molecule has 0 amide bonds. The highest BCUT2D eigenvalue weighted by Crippen LogP contribution is 1.65. The van der Waals surface area contributed by atoms with Crippen molar-refractivity contribution in [3.8, 4) is 0 Å². The molecule has 0 radical (unpaired) electrons. The molecule has 0 fully saturated rings. The molecule has 52 valence electrons. The van der Waals surface area contributed by atoms with E-state index in [4.69, 9.17) is 15.9 Å². The molecular formula is C5H15NO2. The van der Waals surface area contributed by atoms with Gasteiger partial charge in [-0.05, 0) is 13.8 Å². The second-order valence-electron chi connectivity index (χ2n) is 1.61. The van der Waals surface area contributed by atoms with E-state index in [1.165, 1.54) is 0 Å². The Kier molecular flexibility index (Phi) is 13.5. The van der Waals surface area contributed by atoms with Gasteiger partial charge in [-0.3, -0.25) is 0 Å². The van der Waals surface area contributed by atoms with Crippen molar-refractivity contribution >= 4 is 0 Å². The Bertz CT molecular complexity index is 26.9. The summed E-state index contributed by atoms with van der Waals surface area (Å²) < 4.78 is 0. The van der Waals surface area contributed by atoms with Crippen LogP contribution in [-0.2, 0) is 0 Å². The van der Waals surface area contributed by atoms with Crippen molar-refractivity contribution in [3.63, 3.8) is 0 Å². The molecule has 4 N–H and O–H groups in total. The molecule has 3 heteroatoms. The zero-order chi connectivity index (χ0) is 6.99. The van der Waals surface area contributed by atoms with Gasteiger partial charge in [-0.1, -0.05) is 0 Å². The van der Waals surface area contributed by atoms with Crippen molar-refractivity contribution in [2.24, 2.45) is 5.73 Å². The lowest BCUT2D eigenvalue weighted by Crippen LogP contribution is -2.02. The van der Waals surface area contributed by atoms with E-state index in [1.807, 2.05) is 0 Å². The summed E-state index contributed by atoms with van der Waals surface area (Å²) >= 11 is 0. The molecule has 0 aromatic heterocycles. The van der Waals surface area contributed by atoms with E-state index in [0.717, 1.165) is 0 Å². The molecular weight excluding hydrogens is 106 g/mol. The third-order valence-electron chi connectivity index (χ3n) is 0.129. The fraction of sp³-hybridized carbons (Fsp3) is 1.00. The van der Waals surface area contributed by atoms with Gasteiger partial charge in [0.05, 0.1) is 6.61 Å². The fourth-order valence-electron chi connectivity index (χ4n) is 0. The van der Waals surface area contributed by atoms with Gasteiger partial charge in [0.15, 0.2) is 0 Å². The molecule has 0 aromatic carbocycles. The second-order valence-corrected chi connectivity index (χ2v) is 1.61. The number of aliphatic hydroxyl groups is 2. The van der Waals surface area contributed by atoms with Crippen molar-refractivity contribution in [1.29, 1.82) is 0 Å². The number of nitrogens with two attached hydrogens (primary N) is 1. The van der Waals surface area contributed by atoms with Crippen LogP contribution in [0.5, 0.6) is 0 Å². The minimum Gasteiger partial charge on any atom is -0.395 e. The van der Waals surface area contributed by atoms with Crippen LogP contribution in [-0.4, -0.2) is 29.5 Å². The molecule has 0 aliphatic carbocycles. The molecule has 0 aromatic rings. The first-order chi connectivity index (χ1) is 3.65. The van der Waals surface area contributed by atoms with Crippen LogP contribution in [0.4, 0.5) is 0 Å². The van der Waals surface area contributed by atoms with Crippen LogP contribution < -0.4 is 5.73 Å². The maximum Gasteiger partial charge on any atom is 0.0553 e. The van der Waals surface area contributed by atoms with E-state index >= 15 is 0 Å². The van der Waals surface area contributed by atoms with E-state index in [0.29, 0.717) is 6.54 Å². The molecule has 0 bridgehead atoms. The highest BCUT2D eigenvalue weighted by Gasteiger charge is 1.69. The monoisotopic (exact) mass is 121 g/mol. The first-order valence-corrected chi connectivity index (χ1v) is 2.64. The van der Waals surface area contributed by atoms with Crippen LogP contribution in [0.1, 0.15) is 13.8 Å². The van der Waals surface area contributed by atoms with Crippen molar-refractivity contribution in [2.45, 2.75) is 20.0 Å². The normalized spacial score (nSPS) is 8.25. The molecule has 0 aliphatic heterocycles. The lowest BCUT2D eigenvalue weighted by molar-refractivity contribution is 0.216. The Morgan fingerprint density at radius 1 is 1.50 bits per heavy atom. The molecule has 0 unspecified atom stereocenters. The zero-order valence-electron chi connectivity index (χ0n) is 5.46. The lowest BCUT2D eigenvalue weighted by Gasteiger charge is -1.80. The fourth-order valence-corrected chi connectivity index (χ4v) is 0. The summed E-state index contributed by atoms with van der Waals surface area (Å²) in [7, 11) is 0. The standard InChI is InChI=1S/C3H8O.C2H7NO/c1-3(2)4;3-1-2-4/h3-4H,1-2H3;4H,1-3H2. The molecule has 0 rings (SSSR count). The van der Waals surface area contributed by atoms with Crippen LogP contribution in [0.25, 0.3) is 0 Å². The summed E-state index contributed by atoms with van der Waals surface area (Å²) in [5.74, 6) is 0. The van der Waals surface area contributed by atoms with Crippen molar-refractivity contribution in [1.82, 2.24) is 0 Å². The SMILES string of the molecule is CC(C)O.NCCO. The molecule has 0 atom stereocenters. The van der Waals surface area contributed by atoms with E-state index in [9.17, 15) is 0 Å². The Morgan fingerprint density at radius 2 is 1.62 bits per heavy atom. The smallest absolute Gasteiger partial charge is 0.0553 e. The number of hydrogen-bond acceptors (Lipinski definition) is 3. The Hall–Kier alpha value is -0.120. The maximum absolute atomic E-state index is 8.06. The van der Waals surface area contributed by atoms with Gasteiger partial charge in [0.2, 0.25) is 0 Å². The predicted molar refractivity (Wildman–Crippen MR) is 33.5 cm³/mol. The molecule has 0 spiro atoms. The van der Waals surface area contributed by atoms with E-state index < -0.39 is 0 Å². The summed E-state index contributed by atoms with van der Waals surface area (Å²) in [5.41, 5.74) is 4.78. The summed E-state index contributed by atoms with van der Waals surface area (Å²) in [6.07, 6.45) is -0.167. The van der Waals surface area contributed by atoms with Gasteiger partial charge < -0.3 is 15.9 Å².